The van der Waals surface area contributed by atoms with Crippen molar-refractivity contribution in [1.29, 1.82) is 0 Å². The molecular weight excluding hydrogens is 475 g/mol. The lowest BCUT2D eigenvalue weighted by molar-refractivity contribution is -0.134. The Hall–Kier alpha value is -1.31. The number of aliphatic imine (C=N–C) groups is 1. The number of carbonyl (C=O) groups excluding carboxylic acids is 1. The lowest BCUT2D eigenvalue weighted by atomic mass is 9.92. The second-order valence-corrected chi connectivity index (χ2v) is 8.92. The van der Waals surface area contributed by atoms with Gasteiger partial charge in [0.25, 0.3) is 0 Å². The van der Waals surface area contributed by atoms with E-state index in [4.69, 9.17) is 0 Å². The molecule has 1 aliphatic heterocycles. The lowest BCUT2D eigenvalue weighted by Gasteiger charge is -2.23. The predicted molar refractivity (Wildman–Crippen MR) is 129 cm³/mol. The molecule has 0 aromatic heterocycles. The molecule has 1 aromatic carbocycles. The molecule has 6 heteroatoms. The summed E-state index contributed by atoms with van der Waals surface area (Å²) in [5.74, 6) is 1.52. The summed E-state index contributed by atoms with van der Waals surface area (Å²) >= 11 is 0. The zero-order chi connectivity index (χ0) is 19.6. The number of hydrogen-bond donors (Lipinski definition) is 2. The molecule has 29 heavy (non-hydrogen) atoms. The Balaban J connectivity index is 0.00000240. The quantitative estimate of drug-likeness (QED) is 0.362. The molecule has 1 heterocycles. The van der Waals surface area contributed by atoms with Crippen molar-refractivity contribution in [2.75, 3.05) is 26.7 Å². The summed E-state index contributed by atoms with van der Waals surface area (Å²) in [6.07, 6.45) is 8.05. The third-order valence-electron chi connectivity index (χ3n) is 6.93. The molecule has 2 N–H and O–H groups in total. The smallest absolute Gasteiger partial charge is 0.225 e. The fourth-order valence-electron chi connectivity index (χ4n) is 5.01. The topological polar surface area (TPSA) is 56.7 Å². The molecule has 1 saturated heterocycles. The number of aryl methyl sites for hydroxylation is 1. The number of halogens is 1. The first-order chi connectivity index (χ1) is 13.6. The van der Waals surface area contributed by atoms with Crippen molar-refractivity contribution < 1.29 is 4.79 Å². The van der Waals surface area contributed by atoms with E-state index in [1.165, 1.54) is 36.8 Å². The molecule has 4 rings (SSSR count). The molecular formula is C23H35IN4O. The standard InChI is InChI=1S/C23H34N4O.HI/c1-17-7-3-6-10-20(17)23(12-13-23)16-25-22(24-2)26-19-11-14-27(15-19)21(28)18-8-4-5-9-18;/h3,6-7,10,18-19H,4-5,8-9,11-16H2,1-2H3,(H2,24,25,26);1H. The van der Waals surface area contributed by atoms with Crippen LogP contribution in [0.5, 0.6) is 0 Å². The third-order valence-corrected chi connectivity index (χ3v) is 6.93. The van der Waals surface area contributed by atoms with Crippen LogP contribution in [0.25, 0.3) is 0 Å². The van der Waals surface area contributed by atoms with E-state index >= 15 is 0 Å². The summed E-state index contributed by atoms with van der Waals surface area (Å²) in [5, 5.41) is 7.11. The molecule has 1 aromatic rings. The molecule has 3 fully saturated rings. The number of carbonyl (C=O) groups is 1. The first-order valence-corrected chi connectivity index (χ1v) is 10.9. The van der Waals surface area contributed by atoms with Crippen LogP contribution in [0.1, 0.15) is 56.1 Å². The number of nitrogens with zero attached hydrogens (tertiary/aromatic N) is 2. The highest BCUT2D eigenvalue weighted by molar-refractivity contribution is 14.0. The van der Waals surface area contributed by atoms with E-state index in [0.717, 1.165) is 44.9 Å². The van der Waals surface area contributed by atoms with Gasteiger partial charge in [-0.1, -0.05) is 37.1 Å². The van der Waals surface area contributed by atoms with Gasteiger partial charge in [-0.15, -0.1) is 24.0 Å². The highest BCUT2D eigenvalue weighted by Gasteiger charge is 2.45. The SMILES string of the molecule is CN=C(NCC1(c2ccccc2C)CC1)NC1CCN(C(=O)C2CCCC2)C1.I. The molecule has 2 saturated carbocycles. The number of guanidine groups is 1. The zero-order valence-corrected chi connectivity index (χ0v) is 20.1. The molecule has 1 atom stereocenters. The summed E-state index contributed by atoms with van der Waals surface area (Å²) < 4.78 is 0. The number of amides is 1. The van der Waals surface area contributed by atoms with Crippen molar-refractivity contribution in [2.24, 2.45) is 10.9 Å². The zero-order valence-electron chi connectivity index (χ0n) is 17.7. The van der Waals surface area contributed by atoms with Crippen LogP contribution in [0, 0.1) is 12.8 Å². The summed E-state index contributed by atoms with van der Waals surface area (Å²) in [6.45, 7) is 4.79. The normalized spacial score (nSPS) is 23.6. The van der Waals surface area contributed by atoms with Gasteiger partial charge >= 0.3 is 0 Å². The minimum Gasteiger partial charge on any atom is -0.356 e. The van der Waals surface area contributed by atoms with Gasteiger partial charge in [0.05, 0.1) is 0 Å². The maximum absolute atomic E-state index is 12.7. The van der Waals surface area contributed by atoms with E-state index in [-0.39, 0.29) is 35.3 Å². The molecule has 160 valence electrons. The van der Waals surface area contributed by atoms with E-state index in [1.807, 2.05) is 7.05 Å². The largest absolute Gasteiger partial charge is 0.356 e. The van der Waals surface area contributed by atoms with Gasteiger partial charge in [-0.25, -0.2) is 0 Å². The second-order valence-electron chi connectivity index (χ2n) is 8.92. The highest BCUT2D eigenvalue weighted by atomic mass is 127. The summed E-state index contributed by atoms with van der Waals surface area (Å²) in [5.41, 5.74) is 3.09. The van der Waals surface area contributed by atoms with Crippen LogP contribution in [0.3, 0.4) is 0 Å². The van der Waals surface area contributed by atoms with Gasteiger partial charge in [0.1, 0.15) is 0 Å². The average molecular weight is 510 g/mol. The molecule has 3 aliphatic rings. The maximum Gasteiger partial charge on any atom is 0.225 e. The summed E-state index contributed by atoms with van der Waals surface area (Å²) in [6, 6.07) is 9.02. The third kappa shape index (κ3) is 5.06. The van der Waals surface area contributed by atoms with Gasteiger partial charge in [0.15, 0.2) is 5.96 Å². The molecule has 0 radical (unpaired) electrons. The monoisotopic (exact) mass is 510 g/mol. The van der Waals surface area contributed by atoms with E-state index in [2.05, 4.69) is 51.7 Å². The molecule has 2 aliphatic carbocycles. The summed E-state index contributed by atoms with van der Waals surface area (Å²) in [4.78, 5) is 19.2. The van der Waals surface area contributed by atoms with Gasteiger partial charge in [-0.3, -0.25) is 9.79 Å². The van der Waals surface area contributed by atoms with E-state index in [9.17, 15) is 4.79 Å². The van der Waals surface area contributed by atoms with Crippen LogP contribution >= 0.6 is 24.0 Å². The minimum atomic E-state index is 0. The maximum atomic E-state index is 12.7. The Morgan fingerprint density at radius 1 is 1.21 bits per heavy atom. The number of likely N-dealkylation sites (tertiary alicyclic amines) is 1. The van der Waals surface area contributed by atoms with Crippen LogP contribution in [0.2, 0.25) is 0 Å². The van der Waals surface area contributed by atoms with Crippen molar-refractivity contribution in [3.63, 3.8) is 0 Å². The van der Waals surface area contributed by atoms with Crippen molar-refractivity contribution in [1.82, 2.24) is 15.5 Å². The Bertz CT molecular complexity index is 740. The fraction of sp³-hybridized carbons (Fsp3) is 0.652. The Morgan fingerprint density at radius 2 is 1.93 bits per heavy atom. The van der Waals surface area contributed by atoms with E-state index < -0.39 is 0 Å². The molecule has 5 nitrogen and oxygen atoms in total. The summed E-state index contributed by atoms with van der Waals surface area (Å²) in [7, 11) is 1.83. The lowest BCUT2D eigenvalue weighted by Crippen LogP contribution is -2.47. The van der Waals surface area contributed by atoms with Gasteiger partial charge in [0, 0.05) is 44.1 Å². The van der Waals surface area contributed by atoms with Gasteiger partial charge in [-0.2, -0.15) is 0 Å². The van der Waals surface area contributed by atoms with Crippen molar-refractivity contribution in [3.05, 3.63) is 35.4 Å². The number of rotatable bonds is 5. The number of benzene rings is 1. The van der Waals surface area contributed by atoms with Crippen molar-refractivity contribution >= 4 is 35.8 Å². The Labute approximate surface area is 192 Å². The number of nitrogens with one attached hydrogen (secondary N) is 2. The highest BCUT2D eigenvalue weighted by Crippen LogP contribution is 2.48. The van der Waals surface area contributed by atoms with Crippen LogP contribution in [-0.2, 0) is 10.2 Å². The van der Waals surface area contributed by atoms with E-state index in [1.54, 1.807) is 0 Å². The van der Waals surface area contributed by atoms with Crippen LogP contribution in [0.15, 0.2) is 29.3 Å². The predicted octanol–water partition coefficient (Wildman–Crippen LogP) is 3.60. The van der Waals surface area contributed by atoms with Gasteiger partial charge < -0.3 is 15.5 Å². The van der Waals surface area contributed by atoms with Gasteiger partial charge in [-0.05, 0) is 50.2 Å². The molecule has 1 amide bonds. The van der Waals surface area contributed by atoms with Crippen LogP contribution in [0.4, 0.5) is 0 Å². The molecule has 0 bridgehead atoms. The minimum absolute atomic E-state index is 0. The van der Waals surface area contributed by atoms with Crippen molar-refractivity contribution in [2.45, 2.75) is 63.3 Å². The molecule has 1 unspecified atom stereocenters. The Morgan fingerprint density at radius 3 is 2.59 bits per heavy atom. The second kappa shape index (κ2) is 9.67. The van der Waals surface area contributed by atoms with E-state index in [0.29, 0.717) is 11.9 Å². The van der Waals surface area contributed by atoms with Crippen molar-refractivity contribution in [3.8, 4) is 0 Å². The van der Waals surface area contributed by atoms with Gasteiger partial charge in [0.2, 0.25) is 5.91 Å². The first-order valence-electron chi connectivity index (χ1n) is 10.9. The molecule has 0 spiro atoms. The van der Waals surface area contributed by atoms with Crippen LogP contribution in [-0.4, -0.2) is 49.5 Å². The Kier molecular flexibility index (Phi) is 7.46. The fourth-order valence-corrected chi connectivity index (χ4v) is 5.01. The average Bonchev–Trinajstić information content (AvgIpc) is 3.11. The van der Waals surface area contributed by atoms with Crippen LogP contribution < -0.4 is 10.6 Å². The first kappa shape index (κ1) is 22.4. The number of hydrogen-bond acceptors (Lipinski definition) is 2.